The van der Waals surface area contributed by atoms with Crippen LogP contribution >= 0.6 is 0 Å². The predicted octanol–water partition coefficient (Wildman–Crippen LogP) is 4.65. The fourth-order valence-corrected chi connectivity index (χ4v) is 2.25. The van der Waals surface area contributed by atoms with Crippen molar-refractivity contribution in [1.82, 2.24) is 0 Å². The number of benzene rings is 1. The maximum absolute atomic E-state index is 12.9. The Morgan fingerprint density at radius 2 is 1.64 bits per heavy atom. The summed E-state index contributed by atoms with van der Waals surface area (Å²) in [5.74, 6) is -0.0694. The van der Waals surface area contributed by atoms with Crippen molar-refractivity contribution >= 4 is 11.7 Å². The van der Waals surface area contributed by atoms with Crippen LogP contribution in [-0.2, 0) is 17.1 Å². The first-order chi connectivity index (χ1) is 11.7. The second kappa shape index (κ2) is 8.92. The summed E-state index contributed by atoms with van der Waals surface area (Å²) in [6.45, 7) is 0. The second-order valence-electron chi connectivity index (χ2n) is 5.14. The van der Waals surface area contributed by atoms with Crippen LogP contribution < -0.4 is 5.73 Å². The first-order valence-electron chi connectivity index (χ1n) is 7.51. The Morgan fingerprint density at radius 1 is 1.00 bits per heavy atom. The first-order valence-corrected chi connectivity index (χ1v) is 7.51. The molecular weight excluding hydrogens is 357 g/mol. The molecule has 126 valence electrons. The van der Waals surface area contributed by atoms with Gasteiger partial charge in [0.2, 0.25) is 0 Å². The fraction of sp³-hybridized carbons (Fsp3) is 0. The molecule has 0 amide bonds. The van der Waals surface area contributed by atoms with Crippen molar-refractivity contribution < 1.29 is 21.5 Å². The number of aliphatic imine (C=N–C) groups is 1. The Hall–Kier alpha value is -2.75. The molecule has 0 aromatic heterocycles. The summed E-state index contributed by atoms with van der Waals surface area (Å²) in [7, 11) is 0. The van der Waals surface area contributed by atoms with Crippen LogP contribution in [0.15, 0.2) is 101 Å². The molecule has 0 unspecified atom stereocenters. The van der Waals surface area contributed by atoms with Crippen LogP contribution in [0.3, 0.4) is 0 Å². The quantitative estimate of drug-likeness (QED) is 0.574. The summed E-state index contributed by atoms with van der Waals surface area (Å²) >= 11 is 0. The Bertz CT molecular complexity index is 810. The van der Waals surface area contributed by atoms with Crippen LogP contribution in [0.4, 0.5) is 4.39 Å². The minimum Gasteiger partial charge on any atom is -0.453 e. The van der Waals surface area contributed by atoms with Crippen molar-refractivity contribution in [2.45, 2.75) is 0 Å². The molecule has 0 spiro atoms. The van der Waals surface area contributed by atoms with Crippen molar-refractivity contribution in [1.29, 1.82) is 0 Å². The van der Waals surface area contributed by atoms with Gasteiger partial charge >= 0.3 is 17.1 Å². The number of hydrogen-bond acceptors (Lipinski definition) is 2. The molecule has 3 nitrogen and oxygen atoms in total. The number of rotatable bonds is 1. The number of nitrogens with two attached hydrogens (primary N) is 1. The Labute approximate surface area is 157 Å². The van der Waals surface area contributed by atoms with Crippen LogP contribution in [-0.4, -0.2) is 5.96 Å². The molecule has 0 fully saturated rings. The van der Waals surface area contributed by atoms with Gasteiger partial charge in [0.25, 0.3) is 0 Å². The number of allylic oxidation sites excluding steroid dienone is 6. The summed E-state index contributed by atoms with van der Waals surface area (Å²) in [5.41, 5.74) is 8.97. The van der Waals surface area contributed by atoms with E-state index in [1.807, 2.05) is 60.7 Å². The third-order valence-electron chi connectivity index (χ3n) is 3.40. The Kier molecular flexibility index (Phi) is 6.63. The van der Waals surface area contributed by atoms with E-state index in [0.29, 0.717) is 5.70 Å². The summed E-state index contributed by atoms with van der Waals surface area (Å²) in [6, 6.07) is 16.1. The van der Waals surface area contributed by atoms with Crippen molar-refractivity contribution in [2.75, 3.05) is 0 Å². The Morgan fingerprint density at radius 3 is 2.20 bits per heavy atom. The van der Waals surface area contributed by atoms with E-state index in [4.69, 9.17) is 5.73 Å². The molecule has 1 aliphatic carbocycles. The largest absolute Gasteiger partial charge is 2.00 e. The van der Waals surface area contributed by atoms with Gasteiger partial charge in [-0.15, -0.1) is 0 Å². The molecule has 1 aliphatic heterocycles. The molecule has 0 saturated heterocycles. The van der Waals surface area contributed by atoms with Gasteiger partial charge in [-0.2, -0.15) is 18.2 Å². The number of guanidine groups is 1. The van der Waals surface area contributed by atoms with E-state index in [1.165, 1.54) is 12.1 Å². The summed E-state index contributed by atoms with van der Waals surface area (Å²) in [6.07, 6.45) is 9.63. The minimum atomic E-state index is -0.276. The van der Waals surface area contributed by atoms with Gasteiger partial charge < -0.3 is 16.0 Å². The zero-order valence-electron chi connectivity index (χ0n) is 13.3. The molecular formula is C20H16FFeN3. The maximum Gasteiger partial charge on any atom is 2.00 e. The van der Waals surface area contributed by atoms with Gasteiger partial charge in [0.1, 0.15) is 5.82 Å². The molecule has 2 aromatic rings. The predicted molar refractivity (Wildman–Crippen MR) is 96.7 cm³/mol. The normalized spacial score (nSPS) is 14.8. The van der Waals surface area contributed by atoms with E-state index in [2.05, 4.69) is 10.3 Å². The first kappa shape index (κ1) is 18.6. The van der Waals surface area contributed by atoms with E-state index in [0.717, 1.165) is 16.8 Å². The maximum atomic E-state index is 12.9. The molecule has 2 N–H and O–H groups in total. The smallest absolute Gasteiger partial charge is 0.453 e. The van der Waals surface area contributed by atoms with Gasteiger partial charge in [0, 0.05) is 17.4 Å². The zero-order chi connectivity index (χ0) is 16.8. The Balaban J connectivity index is 0.000000325. The fourth-order valence-electron chi connectivity index (χ4n) is 2.25. The molecule has 1 heterocycles. The monoisotopic (exact) mass is 373 g/mol. The SMILES string of the molecule is NC1=NC(c2ccc(F)cc2)=CC(=C2C=CC=C2)[N-]1.[Fe+2].c1cc[cH-]c1. The topological polar surface area (TPSA) is 52.5 Å². The van der Waals surface area contributed by atoms with Crippen LogP contribution in [0.1, 0.15) is 5.56 Å². The number of halogens is 1. The van der Waals surface area contributed by atoms with Gasteiger partial charge in [-0.1, -0.05) is 36.4 Å². The van der Waals surface area contributed by atoms with Crippen molar-refractivity contribution in [3.63, 3.8) is 0 Å². The van der Waals surface area contributed by atoms with E-state index >= 15 is 0 Å². The van der Waals surface area contributed by atoms with Crippen molar-refractivity contribution in [3.05, 3.63) is 113 Å². The van der Waals surface area contributed by atoms with Gasteiger partial charge in [-0.05, 0) is 29.3 Å². The number of hydrogen-bond donors (Lipinski definition) is 1. The van der Waals surface area contributed by atoms with E-state index < -0.39 is 0 Å². The molecule has 25 heavy (non-hydrogen) atoms. The van der Waals surface area contributed by atoms with Crippen molar-refractivity contribution in [2.24, 2.45) is 10.7 Å². The summed E-state index contributed by atoms with van der Waals surface area (Å²) < 4.78 is 12.9. The van der Waals surface area contributed by atoms with Gasteiger partial charge in [-0.25, -0.2) is 16.5 Å². The molecule has 2 aromatic carbocycles. The average Bonchev–Trinajstić information content (AvgIpc) is 3.31. The average molecular weight is 373 g/mol. The third-order valence-corrected chi connectivity index (χ3v) is 3.40. The van der Waals surface area contributed by atoms with Gasteiger partial charge in [0.15, 0.2) is 0 Å². The van der Waals surface area contributed by atoms with Crippen LogP contribution in [0.25, 0.3) is 11.0 Å². The van der Waals surface area contributed by atoms with Gasteiger partial charge in [0.05, 0.1) is 0 Å². The van der Waals surface area contributed by atoms with Crippen LogP contribution in [0, 0.1) is 5.82 Å². The van der Waals surface area contributed by atoms with Crippen LogP contribution in [0.2, 0.25) is 0 Å². The van der Waals surface area contributed by atoms with E-state index in [-0.39, 0.29) is 28.8 Å². The molecule has 0 atom stereocenters. The molecule has 4 rings (SSSR count). The minimum absolute atomic E-state index is 0. The van der Waals surface area contributed by atoms with Crippen molar-refractivity contribution in [3.8, 4) is 0 Å². The standard InChI is InChI=1S/C15H11FN3.C5H5.Fe/c16-12-7-5-11(6-8-12)14-9-13(18-15(17)19-14)10-3-1-2-4-10;1-2-4-5-3-1;/h1-9H,(H2-,17,18,19);1-5H;/q2*-1;+2. The second-order valence-corrected chi connectivity index (χ2v) is 5.14. The zero-order valence-corrected chi connectivity index (χ0v) is 14.4. The summed E-state index contributed by atoms with van der Waals surface area (Å²) in [4.78, 5) is 4.19. The van der Waals surface area contributed by atoms with E-state index in [1.54, 1.807) is 12.1 Å². The van der Waals surface area contributed by atoms with E-state index in [9.17, 15) is 4.39 Å². The molecule has 0 bridgehead atoms. The number of nitrogens with zero attached hydrogens (tertiary/aromatic N) is 2. The van der Waals surface area contributed by atoms with Gasteiger partial charge in [-0.3, -0.25) is 0 Å². The molecule has 0 radical (unpaired) electrons. The molecule has 2 aliphatic rings. The molecule has 0 saturated carbocycles. The third kappa shape index (κ3) is 5.11. The molecule has 5 heteroatoms. The summed E-state index contributed by atoms with van der Waals surface area (Å²) in [5, 5.41) is 4.21. The van der Waals surface area contributed by atoms with Crippen LogP contribution in [0.5, 0.6) is 0 Å².